The molecule has 0 spiro atoms. The number of halogens is 1. The number of sulfonamides is 1. The molecule has 4 N–H and O–H groups in total. The number of anilines is 1. The lowest BCUT2D eigenvalue weighted by molar-refractivity contribution is 0.0775. The molecule has 40 heavy (non-hydrogen) atoms. The van der Waals surface area contributed by atoms with E-state index in [1.54, 1.807) is 12.1 Å². The number of fused-ring (bicyclic) bond motifs is 1. The second kappa shape index (κ2) is 12.5. The average molecular weight is 630 g/mol. The van der Waals surface area contributed by atoms with Gasteiger partial charge < -0.3 is 20.6 Å². The van der Waals surface area contributed by atoms with Crippen LogP contribution in [-0.2, 0) is 16.4 Å². The summed E-state index contributed by atoms with van der Waals surface area (Å²) >= 11 is 3.41. The first kappa shape index (κ1) is 29.7. The van der Waals surface area contributed by atoms with Gasteiger partial charge in [0.05, 0.1) is 17.0 Å². The molecule has 4 rings (SSSR count). The number of rotatable bonds is 11. The van der Waals surface area contributed by atoms with Crippen LogP contribution in [0.1, 0.15) is 35.3 Å². The van der Waals surface area contributed by atoms with Crippen LogP contribution in [0.4, 0.5) is 6.01 Å². The van der Waals surface area contributed by atoms with Gasteiger partial charge in [-0.1, -0.05) is 60.1 Å². The molecule has 0 aliphatic carbocycles. The number of carbonyl (C=O) groups excluding carboxylic acids is 1. The van der Waals surface area contributed by atoms with Crippen molar-refractivity contribution in [1.29, 1.82) is 0 Å². The summed E-state index contributed by atoms with van der Waals surface area (Å²) in [6.45, 7) is 5.56. The van der Waals surface area contributed by atoms with E-state index in [1.807, 2.05) is 57.2 Å². The Labute approximate surface area is 242 Å². The van der Waals surface area contributed by atoms with Crippen molar-refractivity contribution in [3.8, 4) is 0 Å². The van der Waals surface area contributed by atoms with E-state index >= 15 is 0 Å². The van der Waals surface area contributed by atoms with E-state index in [9.17, 15) is 18.3 Å². The Kier molecular flexibility index (Phi) is 9.29. The highest BCUT2D eigenvalue weighted by Gasteiger charge is 2.32. The summed E-state index contributed by atoms with van der Waals surface area (Å²) in [6.07, 6.45) is -0.902. The Morgan fingerprint density at radius 2 is 1.82 bits per heavy atom. The third kappa shape index (κ3) is 7.08. The molecule has 1 amide bonds. The standard InChI is InChI=1S/C29H33BrN4O5S/c1-18(2)16-34(40(37,38)22-10-12-24-27(15-22)39-29(31)33-24)17-26(35)25(14-20-7-5-4-6-8-20)32-28(36)23-11-9-21(30)13-19(23)3/h4-13,15,18,25-26,35H,14,16-17H2,1-3H3,(H2,31,33)(H,32,36)/t25-,26+/m0/s1. The fraction of sp³-hybridized carbons (Fsp3) is 0.310. The van der Waals surface area contributed by atoms with Crippen LogP contribution in [-0.4, -0.2) is 54.0 Å². The van der Waals surface area contributed by atoms with Crippen LogP contribution in [0.25, 0.3) is 11.1 Å². The predicted molar refractivity (Wildman–Crippen MR) is 158 cm³/mol. The lowest BCUT2D eigenvalue weighted by atomic mass is 9.99. The second-order valence-electron chi connectivity index (χ2n) is 10.2. The third-order valence-electron chi connectivity index (χ3n) is 6.49. The number of benzene rings is 3. The molecule has 0 aliphatic rings. The van der Waals surface area contributed by atoms with E-state index in [4.69, 9.17) is 10.2 Å². The van der Waals surface area contributed by atoms with Crippen LogP contribution >= 0.6 is 15.9 Å². The number of aliphatic hydroxyl groups is 1. The molecule has 4 aromatic rings. The molecule has 2 atom stereocenters. The van der Waals surface area contributed by atoms with Crippen molar-refractivity contribution in [2.75, 3.05) is 18.8 Å². The van der Waals surface area contributed by atoms with Crippen molar-refractivity contribution in [2.45, 2.75) is 44.2 Å². The maximum Gasteiger partial charge on any atom is 0.292 e. The Hall–Kier alpha value is -3.25. The molecule has 0 saturated carbocycles. The number of nitrogens with one attached hydrogen (secondary N) is 1. The molecule has 9 nitrogen and oxygen atoms in total. The maximum atomic E-state index is 13.8. The van der Waals surface area contributed by atoms with Crippen molar-refractivity contribution in [2.24, 2.45) is 5.92 Å². The summed E-state index contributed by atoms with van der Waals surface area (Å²) in [5.41, 5.74) is 8.46. The first-order valence-corrected chi connectivity index (χ1v) is 15.1. The van der Waals surface area contributed by atoms with E-state index < -0.39 is 22.2 Å². The summed E-state index contributed by atoms with van der Waals surface area (Å²) in [5, 5.41) is 14.4. The predicted octanol–water partition coefficient (Wildman–Crippen LogP) is 4.53. The molecule has 1 aromatic heterocycles. The third-order valence-corrected chi connectivity index (χ3v) is 8.81. The van der Waals surface area contributed by atoms with Crippen molar-refractivity contribution in [3.05, 3.63) is 87.9 Å². The minimum absolute atomic E-state index is 0.00173. The first-order valence-electron chi connectivity index (χ1n) is 12.9. The van der Waals surface area contributed by atoms with Crippen molar-refractivity contribution in [1.82, 2.24) is 14.6 Å². The number of nitrogens with two attached hydrogens (primary N) is 1. The number of carbonyl (C=O) groups is 1. The van der Waals surface area contributed by atoms with Crippen LogP contribution < -0.4 is 11.1 Å². The SMILES string of the molecule is Cc1cc(Br)ccc1C(=O)N[C@@H](Cc1ccccc1)[C@H](O)CN(CC(C)C)S(=O)(=O)c1ccc2nc(N)oc2c1. The molecule has 3 aromatic carbocycles. The molecule has 0 radical (unpaired) electrons. The van der Waals surface area contributed by atoms with Crippen LogP contribution in [0.3, 0.4) is 0 Å². The van der Waals surface area contributed by atoms with E-state index in [0.717, 1.165) is 15.6 Å². The van der Waals surface area contributed by atoms with Gasteiger partial charge in [0.15, 0.2) is 5.58 Å². The summed E-state index contributed by atoms with van der Waals surface area (Å²) in [6, 6.07) is 18.3. The van der Waals surface area contributed by atoms with Crippen LogP contribution in [0, 0.1) is 12.8 Å². The molecule has 0 aliphatic heterocycles. The van der Waals surface area contributed by atoms with Gasteiger partial charge in [-0.05, 0) is 60.7 Å². The molecule has 1 heterocycles. The Balaban J connectivity index is 1.63. The fourth-order valence-corrected chi connectivity index (χ4v) is 6.64. The largest absolute Gasteiger partial charge is 0.424 e. The highest BCUT2D eigenvalue weighted by molar-refractivity contribution is 9.10. The summed E-state index contributed by atoms with van der Waals surface area (Å²) in [5.74, 6) is -0.379. The van der Waals surface area contributed by atoms with Gasteiger partial charge in [-0.25, -0.2) is 8.42 Å². The number of nitrogen functional groups attached to an aromatic ring is 1. The number of aliphatic hydroxyl groups excluding tert-OH is 1. The number of aromatic nitrogens is 1. The Morgan fingerprint density at radius 3 is 2.50 bits per heavy atom. The van der Waals surface area contributed by atoms with Gasteiger partial charge >= 0.3 is 0 Å². The second-order valence-corrected chi connectivity index (χ2v) is 13.0. The number of hydrogen-bond acceptors (Lipinski definition) is 7. The zero-order valence-electron chi connectivity index (χ0n) is 22.5. The molecule has 0 saturated heterocycles. The zero-order chi connectivity index (χ0) is 29.0. The summed E-state index contributed by atoms with van der Waals surface area (Å²) < 4.78 is 35.0. The molecule has 11 heteroatoms. The van der Waals surface area contributed by atoms with E-state index in [-0.39, 0.29) is 41.4 Å². The van der Waals surface area contributed by atoms with Crippen molar-refractivity contribution in [3.63, 3.8) is 0 Å². The van der Waals surface area contributed by atoms with Crippen molar-refractivity contribution < 1.29 is 22.7 Å². The molecule has 0 fully saturated rings. The van der Waals surface area contributed by atoms with Crippen LogP contribution in [0.5, 0.6) is 0 Å². The minimum atomic E-state index is -4.05. The zero-order valence-corrected chi connectivity index (χ0v) is 24.9. The minimum Gasteiger partial charge on any atom is -0.424 e. The lowest BCUT2D eigenvalue weighted by Crippen LogP contribution is -2.51. The van der Waals surface area contributed by atoms with Gasteiger partial charge in [0.1, 0.15) is 5.52 Å². The molecular weight excluding hydrogens is 596 g/mol. The number of hydrogen-bond donors (Lipinski definition) is 3. The van der Waals surface area contributed by atoms with Gasteiger partial charge in [0.2, 0.25) is 10.0 Å². The van der Waals surface area contributed by atoms with Gasteiger partial charge in [-0.15, -0.1) is 0 Å². The first-order chi connectivity index (χ1) is 18.9. The van der Waals surface area contributed by atoms with E-state index in [2.05, 4.69) is 26.2 Å². The van der Waals surface area contributed by atoms with E-state index in [1.165, 1.54) is 22.5 Å². The number of amides is 1. The van der Waals surface area contributed by atoms with Crippen molar-refractivity contribution >= 4 is 49.0 Å². The Bertz CT molecular complexity index is 1590. The van der Waals surface area contributed by atoms with Crippen LogP contribution in [0.15, 0.2) is 80.5 Å². The summed E-state index contributed by atoms with van der Waals surface area (Å²) in [7, 11) is -4.05. The number of aryl methyl sites for hydroxylation is 1. The topological polar surface area (TPSA) is 139 Å². The maximum absolute atomic E-state index is 13.8. The van der Waals surface area contributed by atoms with Gasteiger partial charge in [-0.2, -0.15) is 9.29 Å². The van der Waals surface area contributed by atoms with Gasteiger partial charge in [-0.3, -0.25) is 4.79 Å². The highest BCUT2D eigenvalue weighted by atomic mass is 79.9. The number of nitrogens with zero attached hydrogens (tertiary/aromatic N) is 2. The average Bonchev–Trinajstić information content (AvgIpc) is 3.27. The lowest BCUT2D eigenvalue weighted by Gasteiger charge is -2.31. The molecule has 0 unspecified atom stereocenters. The molecular formula is C29H33BrN4O5S. The summed E-state index contributed by atoms with van der Waals surface area (Å²) in [4.78, 5) is 17.3. The number of oxazole rings is 1. The Morgan fingerprint density at radius 1 is 1.10 bits per heavy atom. The van der Waals surface area contributed by atoms with Gasteiger partial charge in [0, 0.05) is 29.2 Å². The van der Waals surface area contributed by atoms with E-state index in [0.29, 0.717) is 17.5 Å². The molecule has 212 valence electrons. The fourth-order valence-electron chi connectivity index (χ4n) is 4.53. The monoisotopic (exact) mass is 628 g/mol. The van der Waals surface area contributed by atoms with Crippen LogP contribution in [0.2, 0.25) is 0 Å². The highest BCUT2D eigenvalue weighted by Crippen LogP contribution is 2.25. The van der Waals surface area contributed by atoms with Gasteiger partial charge in [0.25, 0.3) is 11.9 Å². The normalized spacial score (nSPS) is 13.6. The smallest absolute Gasteiger partial charge is 0.292 e. The quantitative estimate of drug-likeness (QED) is 0.222. The molecule has 0 bridgehead atoms.